The van der Waals surface area contributed by atoms with Gasteiger partial charge in [-0.15, -0.1) is 11.3 Å². The highest BCUT2D eigenvalue weighted by atomic mass is 32.1. The van der Waals surface area contributed by atoms with Crippen LogP contribution >= 0.6 is 11.3 Å². The third-order valence-corrected chi connectivity index (χ3v) is 4.68. The molecule has 0 aliphatic heterocycles. The van der Waals surface area contributed by atoms with E-state index in [2.05, 4.69) is 10.3 Å². The molecule has 3 rings (SSSR count). The van der Waals surface area contributed by atoms with Crippen LogP contribution < -0.4 is 5.32 Å². The molecule has 0 bridgehead atoms. The molecule has 22 heavy (non-hydrogen) atoms. The summed E-state index contributed by atoms with van der Waals surface area (Å²) in [5.41, 5.74) is -0.0825. The van der Waals surface area contributed by atoms with Crippen molar-refractivity contribution in [1.29, 1.82) is 0 Å². The molecule has 1 aliphatic rings. The van der Waals surface area contributed by atoms with E-state index in [1.54, 1.807) is 0 Å². The van der Waals surface area contributed by atoms with E-state index >= 15 is 0 Å². The summed E-state index contributed by atoms with van der Waals surface area (Å²) < 4.78 is 5.50. The van der Waals surface area contributed by atoms with Crippen LogP contribution in [-0.4, -0.2) is 28.5 Å². The van der Waals surface area contributed by atoms with E-state index in [9.17, 15) is 9.59 Å². The van der Waals surface area contributed by atoms with Gasteiger partial charge >= 0.3 is 5.97 Å². The van der Waals surface area contributed by atoms with Gasteiger partial charge in [-0.2, -0.15) is 0 Å². The summed E-state index contributed by atoms with van der Waals surface area (Å²) in [5.74, 6) is 0.460. The van der Waals surface area contributed by atoms with Crippen LogP contribution in [0.1, 0.15) is 24.3 Å². The maximum absolute atomic E-state index is 11.9. The van der Waals surface area contributed by atoms with Crippen LogP contribution in [0, 0.1) is 12.3 Å². The maximum atomic E-state index is 11.9. The van der Waals surface area contributed by atoms with Crippen LogP contribution in [0.3, 0.4) is 0 Å². The first kappa shape index (κ1) is 14.8. The Labute approximate surface area is 131 Å². The first-order valence-electron chi connectivity index (χ1n) is 7.00. The van der Waals surface area contributed by atoms with E-state index in [1.165, 1.54) is 11.3 Å². The topological polar surface area (TPSA) is 92.4 Å². The normalized spacial score (nSPS) is 15.5. The minimum absolute atomic E-state index is 0.145. The molecule has 0 aromatic carbocycles. The predicted molar refractivity (Wildman–Crippen MR) is 80.6 cm³/mol. The van der Waals surface area contributed by atoms with Crippen molar-refractivity contribution >= 4 is 23.2 Å². The monoisotopic (exact) mass is 320 g/mol. The molecule has 1 fully saturated rings. The van der Waals surface area contributed by atoms with Gasteiger partial charge in [0.15, 0.2) is 10.8 Å². The minimum atomic E-state index is -0.836. The number of amides is 1. The molecule has 116 valence electrons. The van der Waals surface area contributed by atoms with Crippen molar-refractivity contribution in [3.8, 4) is 10.8 Å². The van der Waals surface area contributed by atoms with Gasteiger partial charge in [0.05, 0.1) is 17.5 Å². The Morgan fingerprint density at radius 3 is 2.82 bits per heavy atom. The molecule has 1 aliphatic carbocycles. The zero-order valence-corrected chi connectivity index (χ0v) is 12.9. The van der Waals surface area contributed by atoms with Crippen molar-refractivity contribution < 1.29 is 19.1 Å². The molecule has 0 saturated heterocycles. The zero-order valence-electron chi connectivity index (χ0n) is 12.1. The second-order valence-electron chi connectivity index (χ2n) is 5.59. The van der Waals surface area contributed by atoms with E-state index in [0.29, 0.717) is 24.3 Å². The molecule has 2 N–H and O–H groups in total. The molecule has 2 aromatic rings. The standard InChI is InChI=1S/C15H16N2O4S/c1-9-2-3-11(21-9)13-17-10(7-22-13)6-12(18)16-8-15(4-5-15)14(19)20/h2-3,7H,4-6,8H2,1H3,(H,16,18)(H,19,20). The second-order valence-corrected chi connectivity index (χ2v) is 6.45. The van der Waals surface area contributed by atoms with Crippen LogP contribution in [0.15, 0.2) is 21.9 Å². The fourth-order valence-electron chi connectivity index (χ4n) is 2.16. The Balaban J connectivity index is 1.56. The van der Waals surface area contributed by atoms with Crippen LogP contribution in [0.5, 0.6) is 0 Å². The molecule has 0 atom stereocenters. The van der Waals surface area contributed by atoms with E-state index in [1.807, 2.05) is 24.4 Å². The lowest BCUT2D eigenvalue weighted by Crippen LogP contribution is -2.35. The molecule has 7 heteroatoms. The van der Waals surface area contributed by atoms with Crippen LogP contribution in [0.25, 0.3) is 10.8 Å². The molecule has 1 saturated carbocycles. The summed E-state index contributed by atoms with van der Waals surface area (Å²) in [6.45, 7) is 2.05. The number of aryl methyl sites for hydroxylation is 1. The number of hydrogen-bond donors (Lipinski definition) is 2. The number of aromatic nitrogens is 1. The van der Waals surface area contributed by atoms with E-state index in [4.69, 9.17) is 9.52 Å². The highest BCUT2D eigenvalue weighted by Gasteiger charge is 2.50. The van der Waals surface area contributed by atoms with Crippen LogP contribution in [0.2, 0.25) is 0 Å². The highest BCUT2D eigenvalue weighted by Crippen LogP contribution is 2.45. The molecular weight excluding hydrogens is 304 g/mol. The van der Waals surface area contributed by atoms with Gasteiger partial charge < -0.3 is 14.8 Å². The molecule has 0 spiro atoms. The number of aliphatic carboxylic acids is 1. The van der Waals surface area contributed by atoms with Crippen LogP contribution in [0.4, 0.5) is 0 Å². The molecule has 0 radical (unpaired) electrons. The van der Waals surface area contributed by atoms with Crippen molar-refractivity contribution in [2.24, 2.45) is 5.41 Å². The number of carboxylic acid groups (broad SMARTS) is 1. The molecule has 2 aromatic heterocycles. The quantitative estimate of drug-likeness (QED) is 0.851. The van der Waals surface area contributed by atoms with Crippen molar-refractivity contribution in [2.45, 2.75) is 26.2 Å². The summed E-state index contributed by atoms with van der Waals surface area (Å²) in [6.07, 6.45) is 1.40. The Kier molecular flexibility index (Phi) is 3.74. The van der Waals surface area contributed by atoms with E-state index in [-0.39, 0.29) is 18.9 Å². The fourth-order valence-corrected chi connectivity index (χ4v) is 2.94. The summed E-state index contributed by atoms with van der Waals surface area (Å²) >= 11 is 1.42. The number of thiazole rings is 1. The first-order chi connectivity index (χ1) is 10.5. The number of rotatable bonds is 6. The van der Waals surface area contributed by atoms with E-state index in [0.717, 1.165) is 10.8 Å². The minimum Gasteiger partial charge on any atom is -0.481 e. The first-order valence-corrected chi connectivity index (χ1v) is 7.88. The number of carbonyl (C=O) groups excluding carboxylic acids is 1. The highest BCUT2D eigenvalue weighted by molar-refractivity contribution is 7.13. The van der Waals surface area contributed by atoms with Gasteiger partial charge in [-0.1, -0.05) is 0 Å². The predicted octanol–water partition coefficient (Wildman–Crippen LogP) is 2.24. The average Bonchev–Trinajstić information content (AvgIpc) is 2.93. The van der Waals surface area contributed by atoms with Crippen molar-refractivity contribution in [2.75, 3.05) is 6.54 Å². The lowest BCUT2D eigenvalue weighted by atomic mass is 10.1. The van der Waals surface area contributed by atoms with Crippen LogP contribution in [-0.2, 0) is 16.0 Å². The molecule has 0 unspecified atom stereocenters. The van der Waals surface area contributed by atoms with Gasteiger partial charge in [-0.05, 0) is 31.9 Å². The smallest absolute Gasteiger partial charge is 0.311 e. The van der Waals surface area contributed by atoms with Crippen molar-refractivity contribution in [3.63, 3.8) is 0 Å². The third kappa shape index (κ3) is 3.04. The Morgan fingerprint density at radius 1 is 1.45 bits per heavy atom. The van der Waals surface area contributed by atoms with Gasteiger partial charge in [0.1, 0.15) is 5.76 Å². The van der Waals surface area contributed by atoms with Gasteiger partial charge in [0.2, 0.25) is 5.91 Å². The number of carboxylic acids is 1. The largest absolute Gasteiger partial charge is 0.481 e. The Bertz CT molecular complexity index is 715. The Hall–Kier alpha value is -2.15. The van der Waals surface area contributed by atoms with Crippen molar-refractivity contribution in [1.82, 2.24) is 10.3 Å². The average molecular weight is 320 g/mol. The number of nitrogens with one attached hydrogen (secondary N) is 1. The SMILES string of the molecule is Cc1ccc(-c2nc(CC(=O)NCC3(C(=O)O)CC3)cs2)o1. The summed E-state index contributed by atoms with van der Waals surface area (Å²) in [5, 5.41) is 14.3. The zero-order chi connectivity index (χ0) is 15.7. The summed E-state index contributed by atoms with van der Waals surface area (Å²) in [4.78, 5) is 27.3. The number of carbonyl (C=O) groups is 2. The molecule has 2 heterocycles. The summed E-state index contributed by atoms with van der Waals surface area (Å²) in [7, 11) is 0. The van der Waals surface area contributed by atoms with Gasteiger partial charge in [-0.3, -0.25) is 9.59 Å². The second kappa shape index (κ2) is 5.57. The van der Waals surface area contributed by atoms with Gasteiger partial charge in [-0.25, -0.2) is 4.98 Å². The molecule has 1 amide bonds. The molecular formula is C15H16N2O4S. The van der Waals surface area contributed by atoms with Gasteiger partial charge in [0, 0.05) is 11.9 Å². The van der Waals surface area contributed by atoms with Gasteiger partial charge in [0.25, 0.3) is 0 Å². The number of nitrogens with zero attached hydrogens (tertiary/aromatic N) is 1. The lowest BCUT2D eigenvalue weighted by Gasteiger charge is -2.10. The number of hydrogen-bond acceptors (Lipinski definition) is 5. The fraction of sp³-hybridized carbons (Fsp3) is 0.400. The Morgan fingerprint density at radius 2 is 2.23 bits per heavy atom. The van der Waals surface area contributed by atoms with Crippen molar-refractivity contribution in [3.05, 3.63) is 29.0 Å². The number of furan rings is 1. The summed E-state index contributed by atoms with van der Waals surface area (Å²) in [6, 6.07) is 3.71. The molecule has 6 nitrogen and oxygen atoms in total. The maximum Gasteiger partial charge on any atom is 0.311 e. The lowest BCUT2D eigenvalue weighted by molar-refractivity contribution is -0.143. The third-order valence-electron chi connectivity index (χ3n) is 3.78. The van der Waals surface area contributed by atoms with E-state index < -0.39 is 11.4 Å².